The molecule has 276 valence electrons. The minimum Gasteiger partial charge on any atom is -0.456 e. The molecule has 0 amide bonds. The van der Waals surface area contributed by atoms with Gasteiger partial charge in [0.1, 0.15) is 11.5 Å². The third kappa shape index (κ3) is 5.00. The number of rotatable bonds is 5. The van der Waals surface area contributed by atoms with E-state index >= 15 is 0 Å². The molecule has 10 aromatic rings. The monoisotopic (exact) mass is 751 g/mol. The Labute approximate surface area is 343 Å². The normalized spacial score (nSPS) is 14.6. The first-order valence-electron chi connectivity index (χ1n) is 20.3. The highest BCUT2D eigenvalue weighted by molar-refractivity contribution is 5.99. The second-order valence-corrected chi connectivity index (χ2v) is 15.6. The van der Waals surface area contributed by atoms with Crippen LogP contribution >= 0.6 is 0 Å². The van der Waals surface area contributed by atoms with E-state index in [1.807, 2.05) is 0 Å². The van der Waals surface area contributed by atoms with Crippen molar-refractivity contribution in [3.05, 3.63) is 247 Å². The van der Waals surface area contributed by atoms with Crippen molar-refractivity contribution >= 4 is 38.6 Å². The maximum absolute atomic E-state index is 6.95. The Morgan fingerprint density at radius 2 is 0.932 bits per heavy atom. The Bertz CT molecular complexity index is 3250. The van der Waals surface area contributed by atoms with Crippen LogP contribution in [0.3, 0.4) is 0 Å². The predicted octanol–water partition coefficient (Wildman–Crippen LogP) is 15.3. The van der Waals surface area contributed by atoms with Crippen LogP contribution in [0.25, 0.3) is 54.9 Å². The number of benzene rings is 10. The van der Waals surface area contributed by atoms with E-state index in [0.29, 0.717) is 0 Å². The summed E-state index contributed by atoms with van der Waals surface area (Å²) in [6.07, 6.45) is 0. The van der Waals surface area contributed by atoms with Crippen LogP contribution in [0.5, 0.6) is 11.5 Å². The molecule has 0 fully saturated rings. The van der Waals surface area contributed by atoms with Gasteiger partial charge in [0.2, 0.25) is 0 Å². The van der Waals surface area contributed by atoms with Crippen LogP contribution in [0.15, 0.2) is 224 Å². The summed E-state index contributed by atoms with van der Waals surface area (Å²) >= 11 is 0. The third-order valence-corrected chi connectivity index (χ3v) is 12.5. The Morgan fingerprint density at radius 1 is 0.339 bits per heavy atom. The molecule has 59 heavy (non-hydrogen) atoms. The first-order chi connectivity index (χ1) is 29.3. The summed E-state index contributed by atoms with van der Waals surface area (Å²) in [4.78, 5) is 2.44. The zero-order valence-electron chi connectivity index (χ0n) is 32.2. The highest BCUT2D eigenvalue weighted by atomic mass is 16.5. The fraction of sp³-hybridized carbons (Fsp3) is 0.0175. The van der Waals surface area contributed by atoms with E-state index in [1.54, 1.807) is 0 Å². The molecule has 0 saturated carbocycles. The Hall–Kier alpha value is -7.68. The highest BCUT2D eigenvalue weighted by Gasteiger charge is 2.51. The molecule has 0 bridgehead atoms. The SMILES string of the molecule is c1ccc(-c2ccccc2N(c2ccc(-c3cccc4ccccc34)cc2)c2ccc3c(c2)C2(c4ccccc4Oc4c2ccc2ccccc42)c2ccccc2-3)cc1. The second-order valence-electron chi connectivity index (χ2n) is 15.6. The number of para-hydroxylation sites is 2. The lowest BCUT2D eigenvalue weighted by molar-refractivity contribution is 0.441. The van der Waals surface area contributed by atoms with E-state index in [-0.39, 0.29) is 0 Å². The molecule has 10 aromatic carbocycles. The van der Waals surface area contributed by atoms with Crippen molar-refractivity contribution in [1.82, 2.24) is 0 Å². The van der Waals surface area contributed by atoms with Crippen LogP contribution in [0.4, 0.5) is 17.1 Å². The summed E-state index contributed by atoms with van der Waals surface area (Å²) < 4.78 is 6.95. The molecule has 2 nitrogen and oxygen atoms in total. The predicted molar refractivity (Wildman–Crippen MR) is 244 cm³/mol. The summed E-state index contributed by atoms with van der Waals surface area (Å²) in [6, 6.07) is 81.7. The van der Waals surface area contributed by atoms with E-state index in [0.717, 1.165) is 56.0 Å². The average molecular weight is 752 g/mol. The van der Waals surface area contributed by atoms with Crippen molar-refractivity contribution in [2.75, 3.05) is 4.90 Å². The molecule has 0 aromatic heterocycles. The third-order valence-electron chi connectivity index (χ3n) is 12.5. The lowest BCUT2D eigenvalue weighted by Gasteiger charge is -2.40. The number of fused-ring (bicyclic) bond motifs is 12. The van der Waals surface area contributed by atoms with Crippen LogP contribution in [-0.4, -0.2) is 0 Å². The Balaban J connectivity index is 1.12. The smallest absolute Gasteiger partial charge is 0.140 e. The largest absolute Gasteiger partial charge is 0.456 e. The molecule has 12 rings (SSSR count). The van der Waals surface area contributed by atoms with Crippen molar-refractivity contribution in [2.45, 2.75) is 5.41 Å². The first kappa shape index (κ1) is 33.5. The van der Waals surface area contributed by atoms with Gasteiger partial charge in [-0.1, -0.05) is 188 Å². The van der Waals surface area contributed by atoms with Gasteiger partial charge in [-0.3, -0.25) is 0 Å². The van der Waals surface area contributed by atoms with Crippen molar-refractivity contribution in [1.29, 1.82) is 0 Å². The van der Waals surface area contributed by atoms with Crippen molar-refractivity contribution in [2.24, 2.45) is 0 Å². The molecule has 1 aliphatic carbocycles. The van der Waals surface area contributed by atoms with Gasteiger partial charge in [-0.05, 0) is 91.5 Å². The van der Waals surface area contributed by atoms with Crippen molar-refractivity contribution in [3.8, 4) is 44.9 Å². The second kappa shape index (κ2) is 13.2. The fourth-order valence-electron chi connectivity index (χ4n) is 9.98. The molecule has 2 aliphatic rings. The molecule has 0 saturated heterocycles. The van der Waals surface area contributed by atoms with Crippen LogP contribution < -0.4 is 9.64 Å². The molecular formula is C57H37NO. The Kier molecular flexibility index (Phi) is 7.48. The quantitative estimate of drug-likeness (QED) is 0.174. The average Bonchev–Trinajstić information content (AvgIpc) is 3.59. The van der Waals surface area contributed by atoms with Gasteiger partial charge < -0.3 is 9.64 Å². The minimum absolute atomic E-state index is 0.612. The first-order valence-corrected chi connectivity index (χ1v) is 20.3. The van der Waals surface area contributed by atoms with E-state index in [2.05, 4.69) is 229 Å². The van der Waals surface area contributed by atoms with Gasteiger partial charge in [0.15, 0.2) is 0 Å². The lowest BCUT2D eigenvalue weighted by atomic mass is 9.65. The van der Waals surface area contributed by atoms with Crippen LogP contribution in [-0.2, 0) is 5.41 Å². The van der Waals surface area contributed by atoms with Crippen molar-refractivity contribution < 1.29 is 4.74 Å². The molecule has 1 heterocycles. The van der Waals surface area contributed by atoms with E-state index in [1.165, 1.54) is 49.7 Å². The number of hydrogen-bond donors (Lipinski definition) is 0. The number of nitrogens with zero attached hydrogens (tertiary/aromatic N) is 1. The van der Waals surface area contributed by atoms with Gasteiger partial charge in [-0.15, -0.1) is 0 Å². The topological polar surface area (TPSA) is 12.5 Å². The minimum atomic E-state index is -0.612. The van der Waals surface area contributed by atoms with Crippen LogP contribution in [0, 0.1) is 0 Å². The molecule has 2 heteroatoms. The van der Waals surface area contributed by atoms with Gasteiger partial charge in [0.25, 0.3) is 0 Å². The van der Waals surface area contributed by atoms with E-state index in [9.17, 15) is 0 Å². The standard InChI is InChI=1S/C57H37NO/c1-2-15-39(16-3-1)46-21-9-12-27-54(46)58(42-32-29-41(30-33-42)45-24-14-19-38-17-4-6-20-44(38)45)43-34-35-49-48-23-8-10-25-50(48)57(53(49)37-43)51-26-11-13-28-55(51)59-56-47-22-7-5-18-40(47)31-36-52(56)57/h1-37H. The maximum Gasteiger partial charge on any atom is 0.140 e. The molecular weight excluding hydrogens is 715 g/mol. The molecule has 1 spiro atoms. The highest BCUT2D eigenvalue weighted by Crippen LogP contribution is 2.63. The summed E-state index contributed by atoms with van der Waals surface area (Å²) in [7, 11) is 0. The summed E-state index contributed by atoms with van der Waals surface area (Å²) in [5.41, 5.74) is 14.7. The van der Waals surface area contributed by atoms with Gasteiger partial charge >= 0.3 is 0 Å². The maximum atomic E-state index is 6.95. The fourth-order valence-corrected chi connectivity index (χ4v) is 9.98. The van der Waals surface area contributed by atoms with E-state index < -0.39 is 5.41 Å². The molecule has 0 N–H and O–H groups in total. The number of hydrogen-bond acceptors (Lipinski definition) is 2. The summed E-state index contributed by atoms with van der Waals surface area (Å²) in [5, 5.41) is 4.77. The van der Waals surface area contributed by atoms with Crippen LogP contribution in [0.2, 0.25) is 0 Å². The molecule has 1 atom stereocenters. The molecule has 0 radical (unpaired) electrons. The molecule has 1 aliphatic heterocycles. The van der Waals surface area contributed by atoms with Crippen LogP contribution in [0.1, 0.15) is 22.3 Å². The van der Waals surface area contributed by atoms with E-state index in [4.69, 9.17) is 4.74 Å². The van der Waals surface area contributed by atoms with Gasteiger partial charge in [-0.25, -0.2) is 0 Å². The van der Waals surface area contributed by atoms with Gasteiger partial charge in [0.05, 0.1) is 11.1 Å². The summed E-state index contributed by atoms with van der Waals surface area (Å²) in [6.45, 7) is 0. The van der Waals surface area contributed by atoms with Gasteiger partial charge in [0, 0.05) is 33.5 Å². The number of anilines is 3. The lowest BCUT2D eigenvalue weighted by Crippen LogP contribution is -2.32. The molecule has 1 unspecified atom stereocenters. The van der Waals surface area contributed by atoms with Crippen molar-refractivity contribution in [3.63, 3.8) is 0 Å². The summed E-state index contributed by atoms with van der Waals surface area (Å²) in [5.74, 6) is 1.81. The zero-order chi connectivity index (χ0) is 38.9. The number of ether oxygens (including phenoxy) is 1. The zero-order valence-corrected chi connectivity index (χ0v) is 32.2. The Morgan fingerprint density at radius 3 is 1.78 bits per heavy atom. The van der Waals surface area contributed by atoms with Gasteiger partial charge in [-0.2, -0.15) is 0 Å².